The first kappa shape index (κ1) is 20.7. The molecular formula is C23H21ClN2O6. The van der Waals surface area contributed by atoms with Crippen molar-refractivity contribution >= 4 is 34.4 Å². The zero-order chi connectivity index (χ0) is 22.5. The van der Waals surface area contributed by atoms with Crippen molar-refractivity contribution in [2.24, 2.45) is 7.05 Å². The molecule has 1 saturated heterocycles. The molecule has 0 bridgehead atoms. The number of aromatic nitrogens is 1. The Balaban J connectivity index is 1.51. The summed E-state index contributed by atoms with van der Waals surface area (Å²) < 4.78 is 18.7. The predicted molar refractivity (Wildman–Crippen MR) is 117 cm³/mol. The Labute approximate surface area is 188 Å². The van der Waals surface area contributed by atoms with Crippen molar-refractivity contribution in [3.8, 4) is 11.5 Å². The van der Waals surface area contributed by atoms with Crippen molar-refractivity contribution in [2.75, 3.05) is 26.4 Å². The zero-order valence-electron chi connectivity index (χ0n) is 17.3. The maximum absolute atomic E-state index is 13.4. The van der Waals surface area contributed by atoms with Gasteiger partial charge in [-0.05, 0) is 23.8 Å². The highest BCUT2D eigenvalue weighted by Crippen LogP contribution is 2.43. The van der Waals surface area contributed by atoms with Crippen molar-refractivity contribution in [1.82, 2.24) is 9.88 Å². The molecule has 0 saturated carbocycles. The lowest BCUT2D eigenvalue weighted by Crippen LogP contribution is -2.47. The van der Waals surface area contributed by atoms with Gasteiger partial charge in [0.15, 0.2) is 11.5 Å². The van der Waals surface area contributed by atoms with E-state index < -0.39 is 11.5 Å². The SMILES string of the molecule is Cn1c(C(=O)NC2(c3ccc(C(=O)O)cc3)CCOC2)cc2c(Cl)c3c(cc21)OCCO3. The number of ether oxygens (including phenoxy) is 3. The molecule has 5 rings (SSSR count). The molecule has 1 aromatic heterocycles. The highest BCUT2D eigenvalue weighted by molar-refractivity contribution is 6.37. The number of nitrogens with one attached hydrogen (secondary N) is 1. The van der Waals surface area contributed by atoms with E-state index in [1.165, 1.54) is 12.1 Å². The molecule has 2 aliphatic heterocycles. The molecule has 32 heavy (non-hydrogen) atoms. The zero-order valence-corrected chi connectivity index (χ0v) is 18.1. The average Bonchev–Trinajstić information content (AvgIpc) is 3.40. The monoisotopic (exact) mass is 456 g/mol. The number of rotatable bonds is 4. The van der Waals surface area contributed by atoms with Crippen LogP contribution >= 0.6 is 11.6 Å². The van der Waals surface area contributed by atoms with E-state index in [2.05, 4.69) is 5.32 Å². The molecule has 166 valence electrons. The van der Waals surface area contributed by atoms with Crippen LogP contribution in [0.2, 0.25) is 5.02 Å². The Hall–Kier alpha value is -3.23. The third-order valence-electron chi connectivity index (χ3n) is 6.09. The number of hydrogen-bond donors (Lipinski definition) is 2. The van der Waals surface area contributed by atoms with Gasteiger partial charge in [-0.2, -0.15) is 0 Å². The van der Waals surface area contributed by atoms with Gasteiger partial charge in [0.2, 0.25) is 0 Å². The van der Waals surface area contributed by atoms with Crippen LogP contribution in [-0.2, 0) is 17.3 Å². The minimum atomic E-state index is -1.000. The van der Waals surface area contributed by atoms with E-state index in [4.69, 9.17) is 25.8 Å². The van der Waals surface area contributed by atoms with Gasteiger partial charge in [0.05, 0.1) is 28.2 Å². The van der Waals surface area contributed by atoms with Crippen molar-refractivity contribution in [3.63, 3.8) is 0 Å². The molecule has 0 aliphatic carbocycles. The average molecular weight is 457 g/mol. The number of carbonyl (C=O) groups is 2. The molecule has 1 fully saturated rings. The standard InChI is InChI=1S/C23H21ClN2O6/c1-26-16-11-18-20(32-9-8-31-18)19(24)15(16)10-17(26)21(27)25-23(6-7-30-12-23)14-4-2-13(3-5-14)22(28)29/h2-5,10-11H,6-9,12H2,1H3,(H,25,27)(H,28,29). The number of carboxylic acids is 1. The summed E-state index contributed by atoms with van der Waals surface area (Å²) in [5.41, 5.74) is 1.41. The van der Waals surface area contributed by atoms with Crippen molar-refractivity contribution in [3.05, 3.63) is 58.2 Å². The lowest BCUT2D eigenvalue weighted by Gasteiger charge is -2.29. The van der Waals surface area contributed by atoms with E-state index in [9.17, 15) is 14.7 Å². The summed E-state index contributed by atoms with van der Waals surface area (Å²) >= 11 is 6.57. The van der Waals surface area contributed by atoms with E-state index in [0.29, 0.717) is 60.5 Å². The van der Waals surface area contributed by atoms with Gasteiger partial charge in [-0.15, -0.1) is 0 Å². The summed E-state index contributed by atoms with van der Waals surface area (Å²) in [4.78, 5) is 24.6. The molecule has 1 unspecified atom stereocenters. The van der Waals surface area contributed by atoms with E-state index in [-0.39, 0.29) is 11.5 Å². The van der Waals surface area contributed by atoms with Gasteiger partial charge in [-0.3, -0.25) is 4.79 Å². The predicted octanol–water partition coefficient (Wildman–Crippen LogP) is 3.35. The summed E-state index contributed by atoms with van der Waals surface area (Å²) in [5, 5.41) is 13.4. The molecule has 2 aliphatic rings. The Morgan fingerprint density at radius 3 is 2.56 bits per heavy atom. The number of carboxylic acid groups (broad SMARTS) is 1. The highest BCUT2D eigenvalue weighted by Gasteiger charge is 2.39. The van der Waals surface area contributed by atoms with Gasteiger partial charge >= 0.3 is 5.97 Å². The third-order valence-corrected chi connectivity index (χ3v) is 6.46. The fourth-order valence-corrected chi connectivity index (χ4v) is 4.62. The van der Waals surface area contributed by atoms with Crippen LogP contribution < -0.4 is 14.8 Å². The van der Waals surface area contributed by atoms with Crippen LogP contribution in [0.3, 0.4) is 0 Å². The largest absolute Gasteiger partial charge is 0.486 e. The smallest absolute Gasteiger partial charge is 0.335 e. The van der Waals surface area contributed by atoms with E-state index >= 15 is 0 Å². The third kappa shape index (κ3) is 3.27. The normalized spacial score (nSPS) is 19.8. The lowest BCUT2D eigenvalue weighted by atomic mass is 9.88. The molecule has 1 atom stereocenters. The number of aryl methyl sites for hydroxylation is 1. The van der Waals surface area contributed by atoms with E-state index in [1.807, 2.05) is 6.07 Å². The molecule has 3 heterocycles. The molecule has 0 spiro atoms. The van der Waals surface area contributed by atoms with Crippen molar-refractivity contribution in [2.45, 2.75) is 12.0 Å². The van der Waals surface area contributed by atoms with Crippen molar-refractivity contribution < 1.29 is 28.9 Å². The number of aromatic carboxylic acids is 1. The fraction of sp³-hybridized carbons (Fsp3) is 0.304. The van der Waals surface area contributed by atoms with Crippen LogP contribution in [0.1, 0.15) is 32.8 Å². The van der Waals surface area contributed by atoms with Crippen LogP contribution in [-0.4, -0.2) is 48.0 Å². The maximum Gasteiger partial charge on any atom is 0.335 e. The van der Waals surface area contributed by atoms with Crippen LogP contribution in [0.25, 0.3) is 10.9 Å². The Morgan fingerprint density at radius 2 is 1.88 bits per heavy atom. The second kappa shape index (κ2) is 7.72. The van der Waals surface area contributed by atoms with Gasteiger partial charge in [0.1, 0.15) is 18.9 Å². The quantitative estimate of drug-likeness (QED) is 0.624. The maximum atomic E-state index is 13.4. The van der Waals surface area contributed by atoms with Crippen LogP contribution in [0, 0.1) is 0 Å². The molecule has 9 heteroatoms. The van der Waals surface area contributed by atoms with Crippen molar-refractivity contribution in [1.29, 1.82) is 0 Å². The lowest BCUT2D eigenvalue weighted by molar-refractivity contribution is 0.0696. The number of nitrogens with zero attached hydrogens (tertiary/aromatic N) is 1. The molecule has 2 aromatic carbocycles. The summed E-state index contributed by atoms with van der Waals surface area (Å²) in [6.45, 7) is 1.65. The number of benzene rings is 2. The van der Waals surface area contributed by atoms with Gasteiger partial charge < -0.3 is 29.2 Å². The van der Waals surface area contributed by atoms with Gasteiger partial charge in [-0.1, -0.05) is 23.7 Å². The molecule has 3 aromatic rings. The minimum Gasteiger partial charge on any atom is -0.486 e. The molecular weight excluding hydrogens is 436 g/mol. The summed E-state index contributed by atoms with van der Waals surface area (Å²) in [6, 6.07) is 10.1. The van der Waals surface area contributed by atoms with Crippen LogP contribution in [0.15, 0.2) is 36.4 Å². The van der Waals surface area contributed by atoms with E-state index in [1.54, 1.807) is 29.8 Å². The van der Waals surface area contributed by atoms with Gasteiger partial charge in [-0.25, -0.2) is 4.79 Å². The first-order valence-electron chi connectivity index (χ1n) is 10.2. The van der Waals surface area contributed by atoms with Crippen LogP contribution in [0.5, 0.6) is 11.5 Å². The van der Waals surface area contributed by atoms with E-state index in [0.717, 1.165) is 11.1 Å². The highest BCUT2D eigenvalue weighted by atomic mass is 35.5. The Morgan fingerprint density at radius 1 is 1.12 bits per heavy atom. The summed E-state index contributed by atoms with van der Waals surface area (Å²) in [6.07, 6.45) is 0.575. The second-order valence-electron chi connectivity index (χ2n) is 7.96. The number of halogens is 1. The first-order valence-corrected chi connectivity index (χ1v) is 10.6. The first-order chi connectivity index (χ1) is 15.4. The summed E-state index contributed by atoms with van der Waals surface area (Å²) in [5.74, 6) is -0.240. The summed E-state index contributed by atoms with van der Waals surface area (Å²) in [7, 11) is 1.79. The second-order valence-corrected chi connectivity index (χ2v) is 8.34. The number of hydrogen-bond acceptors (Lipinski definition) is 5. The minimum absolute atomic E-state index is 0.186. The molecule has 2 N–H and O–H groups in total. The molecule has 1 amide bonds. The number of amides is 1. The Kier molecular flexibility index (Phi) is 4.98. The molecule has 0 radical (unpaired) electrons. The fourth-order valence-electron chi connectivity index (χ4n) is 4.32. The number of fused-ring (bicyclic) bond motifs is 2. The van der Waals surface area contributed by atoms with Crippen LogP contribution in [0.4, 0.5) is 0 Å². The molecule has 8 nitrogen and oxygen atoms in total. The van der Waals surface area contributed by atoms with Gasteiger partial charge in [0.25, 0.3) is 5.91 Å². The number of carbonyl (C=O) groups excluding carboxylic acids is 1. The van der Waals surface area contributed by atoms with Gasteiger partial charge in [0, 0.05) is 31.5 Å². The Bertz CT molecular complexity index is 1230. The topological polar surface area (TPSA) is 99.0 Å².